The summed E-state index contributed by atoms with van der Waals surface area (Å²) in [7, 11) is 0. The molecule has 3 rings (SSSR count). The maximum atomic E-state index is 14.3. The molecule has 0 bridgehead atoms. The van der Waals surface area contributed by atoms with Gasteiger partial charge in [0.1, 0.15) is 17.7 Å². The Bertz CT molecular complexity index is 1110. The van der Waals surface area contributed by atoms with E-state index in [9.17, 15) is 14.3 Å². The van der Waals surface area contributed by atoms with Crippen molar-refractivity contribution in [3.63, 3.8) is 0 Å². The van der Waals surface area contributed by atoms with E-state index in [4.69, 9.17) is 10.7 Å². The highest BCUT2D eigenvalue weighted by Gasteiger charge is 2.23. The molecule has 2 aromatic rings. The number of pyridine rings is 1. The van der Waals surface area contributed by atoms with Crippen LogP contribution in [0, 0.1) is 29.5 Å². The van der Waals surface area contributed by atoms with Crippen LogP contribution in [0.25, 0.3) is 5.57 Å². The maximum absolute atomic E-state index is 14.3. The Balaban J connectivity index is 1.74. The highest BCUT2D eigenvalue weighted by atomic mass is 19.1. The predicted molar refractivity (Wildman–Crippen MR) is 125 cm³/mol. The largest absolute Gasteiger partial charge is 0.494 e. The average Bonchev–Trinajstić information content (AvgIpc) is 2.82. The first kappa shape index (κ1) is 23.9. The number of hydrogen-bond donors (Lipinski definition) is 3. The molecular formula is C24H27FN6O2. The molecule has 1 aliphatic heterocycles. The Kier molecular flexibility index (Phi) is 7.41. The van der Waals surface area contributed by atoms with Crippen LogP contribution < -0.4 is 5.32 Å². The van der Waals surface area contributed by atoms with Crippen molar-refractivity contribution in [2.75, 3.05) is 31.5 Å². The van der Waals surface area contributed by atoms with E-state index >= 15 is 0 Å². The Hall–Kier alpha value is -3.77. The van der Waals surface area contributed by atoms with Crippen LogP contribution in [0.5, 0.6) is 0 Å². The summed E-state index contributed by atoms with van der Waals surface area (Å²) in [4.78, 5) is 21.1. The summed E-state index contributed by atoms with van der Waals surface area (Å²) >= 11 is 0. The SMILES string of the molecule is Cc1c(/C(C=N)=C(\O)Nc2ccc(C(=O)N3CCN(C(C)C)CC3)cn2)ccc(C#N)c1F. The summed E-state index contributed by atoms with van der Waals surface area (Å²) in [5.41, 5.74) is 0.798. The van der Waals surface area contributed by atoms with Crippen molar-refractivity contribution in [3.8, 4) is 6.07 Å². The molecule has 9 heteroatoms. The Labute approximate surface area is 192 Å². The molecule has 33 heavy (non-hydrogen) atoms. The molecule has 3 N–H and O–H groups in total. The van der Waals surface area contributed by atoms with Crippen LogP contribution in [0.3, 0.4) is 0 Å². The number of benzene rings is 1. The molecule has 1 aromatic heterocycles. The molecule has 172 valence electrons. The zero-order chi connectivity index (χ0) is 24.1. The van der Waals surface area contributed by atoms with E-state index in [1.165, 1.54) is 25.3 Å². The van der Waals surface area contributed by atoms with Crippen molar-refractivity contribution >= 4 is 23.5 Å². The molecule has 2 heterocycles. The standard InChI is InChI=1S/C24H27FN6O2/c1-15(2)30-8-10-31(11-9-30)24(33)18-5-7-21(28-14-18)29-23(32)20(13-27)19-6-4-17(12-26)22(25)16(19)3/h4-7,13-15,27,32H,8-11H2,1-3H3,(H,28,29)/b23-20-,27-13?. The number of allylic oxidation sites excluding steroid dienone is 1. The number of piperazine rings is 1. The minimum atomic E-state index is -0.697. The van der Waals surface area contributed by atoms with Crippen LogP contribution >= 0.6 is 0 Å². The minimum absolute atomic E-state index is 0.0425. The molecule has 8 nitrogen and oxygen atoms in total. The number of amides is 1. The van der Waals surface area contributed by atoms with Gasteiger partial charge < -0.3 is 20.7 Å². The first-order valence-electron chi connectivity index (χ1n) is 10.7. The highest BCUT2D eigenvalue weighted by molar-refractivity contribution is 6.10. The normalized spacial score (nSPS) is 15.1. The molecule has 0 atom stereocenters. The van der Waals surface area contributed by atoms with E-state index < -0.39 is 11.7 Å². The van der Waals surface area contributed by atoms with Crippen LogP contribution in [-0.2, 0) is 0 Å². The Morgan fingerprint density at radius 1 is 1.27 bits per heavy atom. The number of rotatable bonds is 6. The molecular weight excluding hydrogens is 423 g/mol. The lowest BCUT2D eigenvalue weighted by Crippen LogP contribution is -2.50. The van der Waals surface area contributed by atoms with Gasteiger partial charge in [0.25, 0.3) is 5.91 Å². The lowest BCUT2D eigenvalue weighted by atomic mass is 9.98. The fraction of sp³-hybridized carbons (Fsp3) is 0.333. The number of nitrogens with zero attached hydrogens (tertiary/aromatic N) is 4. The van der Waals surface area contributed by atoms with Gasteiger partial charge in [0.05, 0.1) is 16.7 Å². The minimum Gasteiger partial charge on any atom is -0.494 e. The second-order valence-electron chi connectivity index (χ2n) is 8.10. The number of aromatic nitrogens is 1. The second-order valence-corrected chi connectivity index (χ2v) is 8.10. The van der Waals surface area contributed by atoms with E-state index in [1.807, 2.05) is 0 Å². The van der Waals surface area contributed by atoms with Crippen molar-refractivity contribution in [1.82, 2.24) is 14.8 Å². The molecule has 0 aliphatic carbocycles. The summed E-state index contributed by atoms with van der Waals surface area (Å²) in [6.45, 7) is 8.73. The van der Waals surface area contributed by atoms with Crippen molar-refractivity contribution in [1.29, 1.82) is 10.7 Å². The van der Waals surface area contributed by atoms with E-state index in [-0.39, 0.29) is 34.0 Å². The van der Waals surface area contributed by atoms with E-state index in [0.717, 1.165) is 19.3 Å². The van der Waals surface area contributed by atoms with Gasteiger partial charge >= 0.3 is 0 Å². The van der Waals surface area contributed by atoms with Gasteiger partial charge in [0, 0.05) is 44.6 Å². The highest BCUT2D eigenvalue weighted by Crippen LogP contribution is 2.25. The fourth-order valence-electron chi connectivity index (χ4n) is 3.74. The number of carbonyl (C=O) groups excluding carboxylic acids is 1. The molecule has 1 saturated heterocycles. The number of nitrogens with one attached hydrogen (secondary N) is 2. The molecule has 0 saturated carbocycles. The van der Waals surface area contributed by atoms with Crippen molar-refractivity contribution < 1.29 is 14.3 Å². The number of halogens is 1. The van der Waals surface area contributed by atoms with E-state index in [0.29, 0.717) is 24.7 Å². The molecule has 1 amide bonds. The third-order valence-electron chi connectivity index (χ3n) is 5.79. The second kappa shape index (κ2) is 10.2. The topological polar surface area (TPSA) is 116 Å². The molecule has 0 radical (unpaired) electrons. The van der Waals surface area contributed by atoms with Gasteiger partial charge in [-0.1, -0.05) is 6.07 Å². The maximum Gasteiger partial charge on any atom is 0.255 e. The lowest BCUT2D eigenvalue weighted by molar-refractivity contribution is 0.0595. The van der Waals surface area contributed by atoms with Crippen LogP contribution in [0.15, 0.2) is 36.3 Å². The third kappa shape index (κ3) is 5.18. The molecule has 0 spiro atoms. The fourth-order valence-corrected chi connectivity index (χ4v) is 3.74. The van der Waals surface area contributed by atoms with E-state index in [2.05, 4.69) is 29.0 Å². The first-order chi connectivity index (χ1) is 15.8. The van der Waals surface area contributed by atoms with Crippen LogP contribution in [0.2, 0.25) is 0 Å². The van der Waals surface area contributed by atoms with Crippen molar-refractivity contribution in [2.24, 2.45) is 0 Å². The quantitative estimate of drug-likeness (QED) is 0.458. The first-order valence-corrected chi connectivity index (χ1v) is 10.7. The summed E-state index contributed by atoms with van der Waals surface area (Å²) in [6.07, 6.45) is 2.33. The van der Waals surface area contributed by atoms with Gasteiger partial charge in [-0.3, -0.25) is 9.69 Å². The Morgan fingerprint density at radius 2 is 1.97 bits per heavy atom. The molecule has 1 aromatic carbocycles. The average molecular weight is 451 g/mol. The van der Waals surface area contributed by atoms with Gasteiger partial charge in [-0.05, 0) is 50.1 Å². The number of aliphatic hydroxyl groups excluding tert-OH is 1. The van der Waals surface area contributed by atoms with Gasteiger partial charge in [-0.15, -0.1) is 0 Å². The summed E-state index contributed by atoms with van der Waals surface area (Å²) < 4.78 is 14.3. The van der Waals surface area contributed by atoms with Gasteiger partial charge in [-0.2, -0.15) is 5.26 Å². The van der Waals surface area contributed by atoms with Gasteiger partial charge in [0.2, 0.25) is 0 Å². The number of nitriles is 1. The Morgan fingerprint density at radius 3 is 2.52 bits per heavy atom. The smallest absolute Gasteiger partial charge is 0.255 e. The third-order valence-corrected chi connectivity index (χ3v) is 5.79. The van der Waals surface area contributed by atoms with Crippen LogP contribution in [0.1, 0.15) is 40.9 Å². The summed E-state index contributed by atoms with van der Waals surface area (Å²) in [5.74, 6) is -0.924. The molecule has 1 fully saturated rings. The number of carbonyl (C=O) groups is 1. The zero-order valence-corrected chi connectivity index (χ0v) is 18.9. The zero-order valence-electron chi connectivity index (χ0n) is 18.9. The number of hydrogen-bond acceptors (Lipinski definition) is 7. The predicted octanol–water partition coefficient (Wildman–Crippen LogP) is 3.56. The van der Waals surface area contributed by atoms with Crippen molar-refractivity contribution in [3.05, 3.63) is 64.4 Å². The number of aliphatic hydroxyl groups is 1. The van der Waals surface area contributed by atoms with E-state index in [1.54, 1.807) is 23.1 Å². The molecule has 0 unspecified atom stereocenters. The van der Waals surface area contributed by atoms with Gasteiger partial charge in [0.15, 0.2) is 5.88 Å². The number of anilines is 1. The monoisotopic (exact) mass is 450 g/mol. The van der Waals surface area contributed by atoms with Crippen molar-refractivity contribution in [2.45, 2.75) is 26.8 Å². The van der Waals surface area contributed by atoms with Crippen LogP contribution in [0.4, 0.5) is 10.2 Å². The van der Waals surface area contributed by atoms with Gasteiger partial charge in [-0.25, -0.2) is 9.37 Å². The summed E-state index contributed by atoms with van der Waals surface area (Å²) in [6, 6.07) is 8.17. The molecule has 1 aliphatic rings. The lowest BCUT2D eigenvalue weighted by Gasteiger charge is -2.36. The summed E-state index contributed by atoms with van der Waals surface area (Å²) in [5, 5.41) is 29.8. The van der Waals surface area contributed by atoms with Crippen LogP contribution in [-0.4, -0.2) is 64.2 Å².